The van der Waals surface area contributed by atoms with Crippen LogP contribution in [0.5, 0.6) is 0 Å². The molecule has 94 valence electrons. The Kier molecular flexibility index (Phi) is 3.77. The van der Waals surface area contributed by atoms with Crippen LogP contribution in [0.2, 0.25) is 0 Å². The summed E-state index contributed by atoms with van der Waals surface area (Å²) in [6.45, 7) is 1.92. The molecule has 4 heteroatoms. The second-order valence-electron chi connectivity index (χ2n) is 4.00. The maximum absolute atomic E-state index is 11.5. The van der Waals surface area contributed by atoms with E-state index in [-0.39, 0.29) is 13.0 Å². The molecular formula is C14H15NO3. The molecule has 2 aromatic rings. The molecule has 0 saturated heterocycles. The third-order valence-electron chi connectivity index (χ3n) is 2.80. The maximum Gasteiger partial charge on any atom is 0.374 e. The van der Waals surface area contributed by atoms with E-state index in [1.165, 1.54) is 0 Å². The third kappa shape index (κ3) is 2.59. The highest BCUT2D eigenvalue weighted by molar-refractivity contribution is 6.33. The highest BCUT2D eigenvalue weighted by Crippen LogP contribution is 2.19. The average Bonchev–Trinajstić information content (AvgIpc) is 2.79. The minimum atomic E-state index is -0.739. The van der Waals surface area contributed by atoms with Gasteiger partial charge in [-0.25, -0.2) is 4.79 Å². The first-order valence-electron chi connectivity index (χ1n) is 5.97. The number of aromatic nitrogens is 1. The van der Waals surface area contributed by atoms with Crippen LogP contribution in [0.3, 0.4) is 0 Å². The number of benzene rings is 1. The number of H-pyrrole nitrogens is 1. The number of fused-ring (bicyclic) bond motifs is 1. The van der Waals surface area contributed by atoms with Gasteiger partial charge in [0.25, 0.3) is 0 Å². The SMILES string of the molecule is CCOC(=O)C(=O)CCc1c[nH]c2ccccc12. The summed E-state index contributed by atoms with van der Waals surface area (Å²) in [6, 6.07) is 7.88. The summed E-state index contributed by atoms with van der Waals surface area (Å²) in [4.78, 5) is 25.8. The lowest BCUT2D eigenvalue weighted by atomic mass is 10.1. The van der Waals surface area contributed by atoms with Crippen LogP contribution in [0.15, 0.2) is 30.5 Å². The molecule has 0 saturated carbocycles. The minimum absolute atomic E-state index is 0.181. The van der Waals surface area contributed by atoms with Gasteiger partial charge in [0.05, 0.1) is 6.61 Å². The highest BCUT2D eigenvalue weighted by atomic mass is 16.5. The van der Waals surface area contributed by atoms with Crippen LogP contribution in [0, 0.1) is 0 Å². The lowest BCUT2D eigenvalue weighted by molar-refractivity contribution is -0.153. The zero-order chi connectivity index (χ0) is 13.0. The first-order chi connectivity index (χ1) is 8.72. The summed E-state index contributed by atoms with van der Waals surface area (Å²) in [5.41, 5.74) is 2.08. The number of aryl methyl sites for hydroxylation is 1. The smallest absolute Gasteiger partial charge is 0.374 e. The van der Waals surface area contributed by atoms with Crippen LogP contribution in [-0.2, 0) is 20.7 Å². The Balaban J connectivity index is 2.02. The number of esters is 1. The van der Waals surface area contributed by atoms with Gasteiger partial charge in [0, 0.05) is 23.5 Å². The Morgan fingerprint density at radius 1 is 1.28 bits per heavy atom. The first kappa shape index (κ1) is 12.4. The number of ketones is 1. The normalized spacial score (nSPS) is 10.5. The zero-order valence-corrected chi connectivity index (χ0v) is 10.2. The summed E-state index contributed by atoms with van der Waals surface area (Å²) in [7, 11) is 0. The molecule has 0 aliphatic heterocycles. The second kappa shape index (κ2) is 5.49. The standard InChI is InChI=1S/C14H15NO3/c1-2-18-14(17)13(16)8-7-10-9-15-12-6-4-3-5-11(10)12/h3-6,9,15H,2,7-8H2,1H3. The van der Waals surface area contributed by atoms with Crippen molar-refractivity contribution in [1.29, 1.82) is 0 Å². The lowest BCUT2D eigenvalue weighted by Crippen LogP contribution is -2.17. The number of nitrogens with one attached hydrogen (secondary N) is 1. The van der Waals surface area contributed by atoms with E-state index in [2.05, 4.69) is 9.72 Å². The monoisotopic (exact) mass is 245 g/mol. The molecule has 0 radical (unpaired) electrons. The largest absolute Gasteiger partial charge is 0.460 e. The van der Waals surface area contributed by atoms with E-state index in [1.807, 2.05) is 30.5 Å². The number of carbonyl (C=O) groups is 2. The number of ether oxygens (including phenoxy) is 1. The molecule has 1 N–H and O–H groups in total. The van der Waals surface area contributed by atoms with Gasteiger partial charge in [0.15, 0.2) is 0 Å². The van der Waals surface area contributed by atoms with E-state index >= 15 is 0 Å². The topological polar surface area (TPSA) is 59.2 Å². The van der Waals surface area contributed by atoms with Crippen LogP contribution in [0.25, 0.3) is 10.9 Å². The van der Waals surface area contributed by atoms with Crippen molar-refractivity contribution in [3.05, 3.63) is 36.0 Å². The number of Topliss-reactive ketones (excluding diaryl/α,β-unsaturated/α-hetero) is 1. The van der Waals surface area contributed by atoms with Gasteiger partial charge < -0.3 is 9.72 Å². The number of hydrogen-bond donors (Lipinski definition) is 1. The van der Waals surface area contributed by atoms with Crippen molar-refractivity contribution >= 4 is 22.7 Å². The van der Waals surface area contributed by atoms with Gasteiger partial charge in [0.1, 0.15) is 0 Å². The van der Waals surface area contributed by atoms with Crippen LogP contribution in [0.1, 0.15) is 18.9 Å². The summed E-state index contributed by atoms with van der Waals surface area (Å²) in [6.07, 6.45) is 2.60. The molecule has 0 amide bonds. The Bertz CT molecular complexity index is 571. The van der Waals surface area contributed by atoms with Crippen molar-refractivity contribution in [2.24, 2.45) is 0 Å². The van der Waals surface area contributed by atoms with Gasteiger partial charge in [-0.1, -0.05) is 18.2 Å². The zero-order valence-electron chi connectivity index (χ0n) is 10.2. The summed E-state index contributed by atoms with van der Waals surface area (Å²) < 4.78 is 4.66. The predicted octanol–water partition coefficient (Wildman–Crippen LogP) is 2.23. The van der Waals surface area contributed by atoms with Gasteiger partial charge in [-0.15, -0.1) is 0 Å². The molecule has 0 aliphatic carbocycles. The van der Waals surface area contributed by atoms with Crippen molar-refractivity contribution in [3.63, 3.8) is 0 Å². The Hall–Kier alpha value is -2.10. The fraction of sp³-hybridized carbons (Fsp3) is 0.286. The highest BCUT2D eigenvalue weighted by Gasteiger charge is 2.15. The molecule has 2 rings (SSSR count). The number of aromatic amines is 1. The molecule has 0 unspecified atom stereocenters. The number of rotatable bonds is 5. The molecule has 1 aromatic heterocycles. The van der Waals surface area contributed by atoms with Crippen molar-refractivity contribution in [2.75, 3.05) is 6.61 Å². The minimum Gasteiger partial charge on any atom is -0.460 e. The number of carbonyl (C=O) groups excluding carboxylic acids is 2. The van der Waals surface area contributed by atoms with Crippen LogP contribution < -0.4 is 0 Å². The quantitative estimate of drug-likeness (QED) is 0.649. The second-order valence-corrected chi connectivity index (χ2v) is 4.00. The summed E-state index contributed by atoms with van der Waals surface area (Å²) in [5.74, 6) is -1.21. The van der Waals surface area contributed by atoms with Gasteiger partial charge in [-0.05, 0) is 25.0 Å². The summed E-state index contributed by atoms with van der Waals surface area (Å²) >= 11 is 0. The number of hydrogen-bond acceptors (Lipinski definition) is 3. The van der Waals surface area contributed by atoms with Gasteiger partial charge in [-0.2, -0.15) is 0 Å². The van der Waals surface area contributed by atoms with Crippen molar-refractivity contribution in [2.45, 2.75) is 19.8 Å². The Labute approximate surface area is 105 Å². The molecule has 0 bridgehead atoms. The van der Waals surface area contributed by atoms with E-state index in [4.69, 9.17) is 0 Å². The molecule has 0 aliphatic rings. The molecule has 0 fully saturated rings. The molecule has 0 spiro atoms. The maximum atomic E-state index is 11.5. The lowest BCUT2D eigenvalue weighted by Gasteiger charge is -2.00. The average molecular weight is 245 g/mol. The molecular weight excluding hydrogens is 230 g/mol. The third-order valence-corrected chi connectivity index (χ3v) is 2.80. The van der Waals surface area contributed by atoms with Gasteiger partial charge in [0.2, 0.25) is 5.78 Å². The molecule has 1 aromatic carbocycles. The van der Waals surface area contributed by atoms with Gasteiger partial charge in [-0.3, -0.25) is 4.79 Å². The van der Waals surface area contributed by atoms with E-state index in [0.717, 1.165) is 16.5 Å². The molecule has 1 heterocycles. The van der Waals surface area contributed by atoms with E-state index in [0.29, 0.717) is 6.42 Å². The fourth-order valence-electron chi connectivity index (χ4n) is 1.90. The fourth-order valence-corrected chi connectivity index (χ4v) is 1.90. The van der Waals surface area contributed by atoms with Crippen molar-refractivity contribution in [3.8, 4) is 0 Å². The predicted molar refractivity (Wildman–Crippen MR) is 68.3 cm³/mol. The van der Waals surface area contributed by atoms with E-state index < -0.39 is 11.8 Å². The van der Waals surface area contributed by atoms with Crippen molar-refractivity contribution in [1.82, 2.24) is 4.98 Å². The molecule has 4 nitrogen and oxygen atoms in total. The Morgan fingerprint density at radius 3 is 2.83 bits per heavy atom. The first-order valence-corrected chi connectivity index (χ1v) is 5.97. The number of para-hydroxylation sites is 1. The van der Waals surface area contributed by atoms with E-state index in [1.54, 1.807) is 6.92 Å². The van der Waals surface area contributed by atoms with Crippen LogP contribution in [0.4, 0.5) is 0 Å². The van der Waals surface area contributed by atoms with Gasteiger partial charge >= 0.3 is 5.97 Å². The van der Waals surface area contributed by atoms with Crippen LogP contribution in [-0.4, -0.2) is 23.3 Å². The molecule has 0 atom stereocenters. The van der Waals surface area contributed by atoms with Crippen molar-refractivity contribution < 1.29 is 14.3 Å². The molecule has 18 heavy (non-hydrogen) atoms. The van der Waals surface area contributed by atoms with E-state index in [9.17, 15) is 9.59 Å². The van der Waals surface area contributed by atoms with Crippen LogP contribution >= 0.6 is 0 Å². The summed E-state index contributed by atoms with van der Waals surface area (Å²) in [5, 5.41) is 1.09. The Morgan fingerprint density at radius 2 is 2.06 bits per heavy atom.